The number of carbonyl (C=O) groups excluding carboxylic acids is 1. The maximum atomic E-state index is 11.9. The summed E-state index contributed by atoms with van der Waals surface area (Å²) in [6, 6.07) is 7.69. The Hall–Kier alpha value is -1.59. The average molecular weight is 278 g/mol. The first kappa shape index (κ1) is 14.8. The van der Waals surface area contributed by atoms with Gasteiger partial charge in [-0.1, -0.05) is 18.2 Å². The second-order valence-corrected chi connectivity index (χ2v) is 4.66. The first-order chi connectivity index (χ1) is 9.81. The van der Waals surface area contributed by atoms with E-state index < -0.39 is 0 Å². The SMILES string of the molecule is CCOc1ccccc1CCNC(=O)C1COCCN1. The van der Waals surface area contributed by atoms with Crippen LogP contribution in [0.5, 0.6) is 5.75 Å². The smallest absolute Gasteiger partial charge is 0.239 e. The molecule has 0 radical (unpaired) electrons. The zero-order chi connectivity index (χ0) is 14.2. The van der Waals surface area contributed by atoms with Crippen molar-refractivity contribution in [2.45, 2.75) is 19.4 Å². The predicted molar refractivity (Wildman–Crippen MR) is 76.9 cm³/mol. The maximum absolute atomic E-state index is 11.9. The molecule has 0 spiro atoms. The molecule has 1 aromatic rings. The summed E-state index contributed by atoms with van der Waals surface area (Å²) >= 11 is 0. The van der Waals surface area contributed by atoms with Crippen LogP contribution in [-0.4, -0.2) is 44.9 Å². The average Bonchev–Trinajstić information content (AvgIpc) is 2.50. The molecule has 1 unspecified atom stereocenters. The lowest BCUT2D eigenvalue weighted by Crippen LogP contribution is -2.51. The van der Waals surface area contributed by atoms with Gasteiger partial charge in [0.2, 0.25) is 5.91 Å². The summed E-state index contributed by atoms with van der Waals surface area (Å²) in [6.45, 7) is 5.05. The first-order valence-electron chi connectivity index (χ1n) is 7.10. The highest BCUT2D eigenvalue weighted by atomic mass is 16.5. The van der Waals surface area contributed by atoms with Crippen LogP contribution in [0, 0.1) is 0 Å². The summed E-state index contributed by atoms with van der Waals surface area (Å²) in [7, 11) is 0. The number of morpholine rings is 1. The highest BCUT2D eigenvalue weighted by molar-refractivity contribution is 5.81. The molecule has 1 saturated heterocycles. The van der Waals surface area contributed by atoms with E-state index in [1.165, 1.54) is 0 Å². The van der Waals surface area contributed by atoms with Gasteiger partial charge in [-0.2, -0.15) is 0 Å². The van der Waals surface area contributed by atoms with Gasteiger partial charge < -0.3 is 20.1 Å². The van der Waals surface area contributed by atoms with Crippen molar-refractivity contribution in [2.75, 3.05) is 32.9 Å². The van der Waals surface area contributed by atoms with Crippen molar-refractivity contribution in [1.82, 2.24) is 10.6 Å². The summed E-state index contributed by atoms with van der Waals surface area (Å²) in [6.07, 6.45) is 0.759. The third-order valence-electron chi connectivity index (χ3n) is 3.20. The van der Waals surface area contributed by atoms with E-state index in [1.54, 1.807) is 0 Å². The molecule has 1 aromatic carbocycles. The first-order valence-corrected chi connectivity index (χ1v) is 7.10. The minimum absolute atomic E-state index is 0.00130. The van der Waals surface area contributed by atoms with Crippen molar-refractivity contribution in [3.63, 3.8) is 0 Å². The summed E-state index contributed by atoms with van der Waals surface area (Å²) in [5, 5.41) is 6.07. The van der Waals surface area contributed by atoms with Crippen LogP contribution in [0.4, 0.5) is 0 Å². The number of ether oxygens (including phenoxy) is 2. The normalized spacial score (nSPS) is 18.6. The minimum Gasteiger partial charge on any atom is -0.494 e. The van der Waals surface area contributed by atoms with E-state index >= 15 is 0 Å². The minimum atomic E-state index is -0.231. The van der Waals surface area contributed by atoms with Crippen molar-refractivity contribution in [3.05, 3.63) is 29.8 Å². The number of amides is 1. The van der Waals surface area contributed by atoms with Crippen LogP contribution < -0.4 is 15.4 Å². The van der Waals surface area contributed by atoms with Crippen LogP contribution in [0.3, 0.4) is 0 Å². The molecule has 110 valence electrons. The Kier molecular flexibility index (Phi) is 5.83. The molecule has 0 aromatic heterocycles. The zero-order valence-electron chi connectivity index (χ0n) is 11.9. The van der Waals surface area contributed by atoms with Crippen molar-refractivity contribution >= 4 is 5.91 Å². The topological polar surface area (TPSA) is 59.6 Å². The predicted octanol–water partition coefficient (Wildman–Crippen LogP) is 0.732. The lowest BCUT2D eigenvalue weighted by molar-refractivity contribution is -0.125. The summed E-state index contributed by atoms with van der Waals surface area (Å²) < 4.78 is 10.8. The molecule has 5 heteroatoms. The Bertz CT molecular complexity index is 431. The molecule has 0 aliphatic carbocycles. The van der Waals surface area contributed by atoms with Crippen LogP contribution in [0.2, 0.25) is 0 Å². The molecular weight excluding hydrogens is 256 g/mol. The fourth-order valence-electron chi connectivity index (χ4n) is 2.18. The van der Waals surface area contributed by atoms with Crippen LogP contribution in [0.25, 0.3) is 0 Å². The van der Waals surface area contributed by atoms with Crippen molar-refractivity contribution in [3.8, 4) is 5.75 Å². The van der Waals surface area contributed by atoms with Crippen LogP contribution in [0.15, 0.2) is 24.3 Å². The standard InChI is InChI=1S/C15H22N2O3/c1-2-20-14-6-4-3-5-12(14)7-8-17-15(18)13-11-19-10-9-16-13/h3-6,13,16H,2,7-11H2,1H3,(H,17,18). The van der Waals surface area contributed by atoms with Crippen molar-refractivity contribution in [1.29, 1.82) is 0 Å². The molecule has 0 bridgehead atoms. The van der Waals surface area contributed by atoms with Crippen molar-refractivity contribution < 1.29 is 14.3 Å². The van der Waals surface area contributed by atoms with Gasteiger partial charge in [-0.3, -0.25) is 4.79 Å². The van der Waals surface area contributed by atoms with Gasteiger partial charge >= 0.3 is 0 Å². The molecule has 5 nitrogen and oxygen atoms in total. The number of nitrogens with one attached hydrogen (secondary N) is 2. The Labute approximate surface area is 119 Å². The third-order valence-corrected chi connectivity index (χ3v) is 3.20. The second-order valence-electron chi connectivity index (χ2n) is 4.66. The van der Waals surface area contributed by atoms with Gasteiger partial charge in [-0.05, 0) is 25.0 Å². The summed E-state index contributed by atoms with van der Waals surface area (Å²) in [4.78, 5) is 11.9. The number of hydrogen-bond donors (Lipinski definition) is 2. The Balaban J connectivity index is 1.79. The van der Waals surface area contributed by atoms with Gasteiger partial charge in [-0.25, -0.2) is 0 Å². The molecular formula is C15H22N2O3. The quantitative estimate of drug-likeness (QED) is 0.805. The Morgan fingerprint density at radius 1 is 1.50 bits per heavy atom. The van der Waals surface area contributed by atoms with Crippen LogP contribution in [-0.2, 0) is 16.0 Å². The van der Waals surface area contributed by atoms with E-state index in [2.05, 4.69) is 10.6 Å². The largest absolute Gasteiger partial charge is 0.494 e. The van der Waals surface area contributed by atoms with E-state index in [9.17, 15) is 4.79 Å². The molecule has 0 saturated carbocycles. The Morgan fingerprint density at radius 2 is 2.35 bits per heavy atom. The monoisotopic (exact) mass is 278 g/mol. The van der Waals surface area contributed by atoms with E-state index in [0.29, 0.717) is 26.4 Å². The van der Waals surface area contributed by atoms with Gasteiger partial charge in [0.1, 0.15) is 11.8 Å². The van der Waals surface area contributed by atoms with E-state index in [0.717, 1.165) is 24.3 Å². The summed E-state index contributed by atoms with van der Waals surface area (Å²) in [5.41, 5.74) is 1.11. The molecule has 1 fully saturated rings. The molecule has 1 heterocycles. The number of para-hydroxylation sites is 1. The van der Waals surface area contributed by atoms with Crippen LogP contribution >= 0.6 is 0 Å². The fraction of sp³-hybridized carbons (Fsp3) is 0.533. The van der Waals surface area contributed by atoms with Crippen LogP contribution in [0.1, 0.15) is 12.5 Å². The lowest BCUT2D eigenvalue weighted by atomic mass is 10.1. The van der Waals surface area contributed by atoms with Crippen molar-refractivity contribution in [2.24, 2.45) is 0 Å². The molecule has 1 amide bonds. The number of carbonyl (C=O) groups is 1. The van der Waals surface area contributed by atoms with E-state index in [-0.39, 0.29) is 11.9 Å². The van der Waals surface area contributed by atoms with Gasteiger partial charge in [-0.15, -0.1) is 0 Å². The fourth-order valence-corrected chi connectivity index (χ4v) is 2.18. The molecule has 1 aliphatic heterocycles. The van der Waals surface area contributed by atoms with Gasteiger partial charge in [0.25, 0.3) is 0 Å². The molecule has 2 rings (SSSR count). The van der Waals surface area contributed by atoms with Gasteiger partial charge in [0.05, 0.1) is 19.8 Å². The number of hydrogen-bond acceptors (Lipinski definition) is 4. The zero-order valence-corrected chi connectivity index (χ0v) is 11.9. The van der Waals surface area contributed by atoms with E-state index in [1.807, 2.05) is 31.2 Å². The third kappa shape index (κ3) is 4.21. The molecule has 2 N–H and O–H groups in total. The maximum Gasteiger partial charge on any atom is 0.239 e. The van der Waals surface area contributed by atoms with E-state index in [4.69, 9.17) is 9.47 Å². The Morgan fingerprint density at radius 3 is 3.10 bits per heavy atom. The lowest BCUT2D eigenvalue weighted by Gasteiger charge is -2.22. The highest BCUT2D eigenvalue weighted by Gasteiger charge is 2.20. The number of benzene rings is 1. The van der Waals surface area contributed by atoms with Gasteiger partial charge in [0, 0.05) is 13.1 Å². The number of rotatable bonds is 6. The highest BCUT2D eigenvalue weighted by Crippen LogP contribution is 2.17. The summed E-state index contributed by atoms with van der Waals surface area (Å²) in [5.74, 6) is 0.891. The molecule has 20 heavy (non-hydrogen) atoms. The van der Waals surface area contributed by atoms with Gasteiger partial charge in [0.15, 0.2) is 0 Å². The second kappa shape index (κ2) is 7.87. The molecule has 1 aliphatic rings. The molecule has 1 atom stereocenters.